The molecule has 1 fully saturated rings. The van der Waals surface area contributed by atoms with Gasteiger partial charge in [0, 0.05) is 31.1 Å². The summed E-state index contributed by atoms with van der Waals surface area (Å²) in [4.78, 5) is 48.2. The summed E-state index contributed by atoms with van der Waals surface area (Å²) in [7, 11) is 1.34. The zero-order valence-corrected chi connectivity index (χ0v) is 38.9. The summed E-state index contributed by atoms with van der Waals surface area (Å²) in [6.07, 6.45) is 27.2. The average Bonchev–Trinajstić information content (AvgIpc) is 3.44. The second kappa shape index (κ2) is 33.9. The minimum Gasteiger partial charge on any atom is -0.462 e. The number of ketones is 1. The molecule has 1 rings (SSSR count). The van der Waals surface area contributed by atoms with Crippen molar-refractivity contribution in [1.82, 2.24) is 0 Å². The largest absolute Gasteiger partial charge is 0.472 e. The van der Waals surface area contributed by atoms with Crippen molar-refractivity contribution >= 4 is 25.5 Å². The Labute approximate surface area is 358 Å². The first-order valence-corrected chi connectivity index (χ1v) is 25.0. The van der Waals surface area contributed by atoms with Gasteiger partial charge in [0.2, 0.25) is 0 Å². The van der Waals surface area contributed by atoms with Gasteiger partial charge in [-0.1, -0.05) is 154 Å². The van der Waals surface area contributed by atoms with Crippen molar-refractivity contribution in [3.63, 3.8) is 0 Å². The summed E-state index contributed by atoms with van der Waals surface area (Å²) >= 11 is 0. The average molecular weight is 861 g/mol. The number of ether oxygens (including phenoxy) is 2. The molecule has 1 unspecified atom stereocenters. The van der Waals surface area contributed by atoms with E-state index in [4.69, 9.17) is 18.5 Å². The van der Waals surface area contributed by atoms with E-state index in [0.717, 1.165) is 57.8 Å². The van der Waals surface area contributed by atoms with E-state index < -0.39 is 44.7 Å². The maximum absolute atomic E-state index is 12.8. The Bertz CT molecular complexity index is 1180. The lowest BCUT2D eigenvalue weighted by molar-refractivity contribution is -0.870. The van der Waals surface area contributed by atoms with E-state index in [-0.39, 0.29) is 50.1 Å². The number of likely N-dealkylation sites (N-methyl/N-ethyl adjacent to an activating group) is 1. The molecular weight excluding hydrogens is 773 g/mol. The Hall–Kier alpha value is -1.66. The minimum absolute atomic E-state index is 0.00886. The van der Waals surface area contributed by atoms with Gasteiger partial charge in [0.25, 0.3) is 0 Å². The number of aliphatic hydroxyl groups is 2. The molecule has 346 valence electrons. The van der Waals surface area contributed by atoms with E-state index in [1.165, 1.54) is 70.6 Å². The first-order valence-electron chi connectivity index (χ1n) is 23.5. The van der Waals surface area contributed by atoms with Crippen LogP contribution < -0.4 is 0 Å². The highest BCUT2D eigenvalue weighted by Crippen LogP contribution is 2.43. The van der Waals surface area contributed by atoms with Gasteiger partial charge in [-0.25, -0.2) is 4.57 Å². The zero-order chi connectivity index (χ0) is 43.8. The highest BCUT2D eigenvalue weighted by molar-refractivity contribution is 7.47. The van der Waals surface area contributed by atoms with Crippen LogP contribution in [0, 0.1) is 11.8 Å². The normalized spacial score (nSPS) is 19.3. The number of aliphatic hydroxyl groups excluding tert-OH is 2. The second-order valence-electron chi connectivity index (χ2n) is 17.9. The molecule has 0 saturated heterocycles. The molecule has 6 atom stereocenters. The molecule has 0 aromatic rings. The fourth-order valence-corrected chi connectivity index (χ4v) is 8.18. The molecule has 0 spiro atoms. The van der Waals surface area contributed by atoms with Gasteiger partial charge in [-0.05, 0) is 25.7 Å². The molecule has 1 aliphatic carbocycles. The molecule has 1 aliphatic rings. The predicted octanol–water partition coefficient (Wildman–Crippen LogP) is 9.95. The van der Waals surface area contributed by atoms with E-state index in [9.17, 15) is 34.1 Å². The van der Waals surface area contributed by atoms with Crippen molar-refractivity contribution in [1.29, 1.82) is 0 Å². The number of carbonyl (C=O) groups excluding carboxylic acids is 3. The lowest BCUT2D eigenvalue weighted by atomic mass is 9.88. The van der Waals surface area contributed by atoms with Gasteiger partial charge in [0.15, 0.2) is 6.10 Å². The van der Waals surface area contributed by atoms with E-state index in [1.807, 2.05) is 27.2 Å². The van der Waals surface area contributed by atoms with Crippen LogP contribution in [0.4, 0.5) is 0 Å². The van der Waals surface area contributed by atoms with Crippen LogP contribution >= 0.6 is 7.82 Å². The van der Waals surface area contributed by atoms with Crippen LogP contribution in [0.5, 0.6) is 0 Å². The van der Waals surface area contributed by atoms with E-state index in [2.05, 4.69) is 13.8 Å². The van der Waals surface area contributed by atoms with Gasteiger partial charge in [-0.2, -0.15) is 0 Å². The molecule has 0 amide bonds. The van der Waals surface area contributed by atoms with Crippen LogP contribution in [0.2, 0.25) is 0 Å². The highest BCUT2D eigenvalue weighted by atomic mass is 31.2. The van der Waals surface area contributed by atoms with Crippen molar-refractivity contribution in [2.45, 2.75) is 206 Å². The number of nitrogens with zero attached hydrogens (tertiary/aromatic N) is 1. The van der Waals surface area contributed by atoms with Gasteiger partial charge in [-0.3, -0.25) is 23.4 Å². The Morgan fingerprint density at radius 3 is 1.81 bits per heavy atom. The molecule has 0 bridgehead atoms. The van der Waals surface area contributed by atoms with Gasteiger partial charge < -0.3 is 29.1 Å². The number of hydrogen-bond acceptors (Lipinski definition) is 10. The van der Waals surface area contributed by atoms with Crippen molar-refractivity contribution < 1.29 is 57.1 Å². The Morgan fingerprint density at radius 2 is 1.25 bits per heavy atom. The second-order valence-corrected chi connectivity index (χ2v) is 19.4. The Morgan fingerprint density at radius 1 is 0.746 bits per heavy atom. The number of hydrogen-bond donors (Lipinski definition) is 3. The molecule has 0 aliphatic heterocycles. The van der Waals surface area contributed by atoms with Gasteiger partial charge >= 0.3 is 19.8 Å². The Kier molecular flexibility index (Phi) is 31.8. The summed E-state index contributed by atoms with van der Waals surface area (Å²) in [6.45, 7) is 4.06. The minimum atomic E-state index is -4.44. The summed E-state index contributed by atoms with van der Waals surface area (Å²) in [5, 5.41) is 20.8. The predicted molar refractivity (Wildman–Crippen MR) is 235 cm³/mol. The van der Waals surface area contributed by atoms with Crippen molar-refractivity contribution in [3.8, 4) is 0 Å². The maximum Gasteiger partial charge on any atom is 0.472 e. The zero-order valence-electron chi connectivity index (χ0n) is 38.0. The van der Waals surface area contributed by atoms with Crippen molar-refractivity contribution in [3.05, 3.63) is 12.2 Å². The van der Waals surface area contributed by atoms with Crippen LogP contribution in [-0.4, -0.2) is 103 Å². The van der Waals surface area contributed by atoms with Gasteiger partial charge in [0.1, 0.15) is 25.5 Å². The summed E-state index contributed by atoms with van der Waals surface area (Å²) in [5.74, 6) is -1.48. The number of Topliss-reactive ketones (excluding diaryl/α,β-unsaturated/α-hetero) is 1. The number of quaternary nitrogens is 1. The van der Waals surface area contributed by atoms with Crippen LogP contribution in [0.1, 0.15) is 187 Å². The van der Waals surface area contributed by atoms with E-state index in [1.54, 1.807) is 6.08 Å². The lowest BCUT2D eigenvalue weighted by Crippen LogP contribution is -2.37. The number of phosphoric ester groups is 1. The number of phosphoric acid groups is 1. The molecule has 0 radical (unpaired) electrons. The third-order valence-electron chi connectivity index (χ3n) is 11.2. The van der Waals surface area contributed by atoms with E-state index in [0.29, 0.717) is 36.7 Å². The lowest BCUT2D eigenvalue weighted by Gasteiger charge is -2.24. The summed E-state index contributed by atoms with van der Waals surface area (Å²) in [5.41, 5.74) is 0. The van der Waals surface area contributed by atoms with Crippen molar-refractivity contribution in [2.75, 3.05) is 47.5 Å². The van der Waals surface area contributed by atoms with Crippen LogP contribution in [0.25, 0.3) is 0 Å². The number of rotatable bonds is 39. The third-order valence-corrected chi connectivity index (χ3v) is 12.2. The van der Waals surface area contributed by atoms with Gasteiger partial charge in [0.05, 0.1) is 40.0 Å². The standard InChI is InChI=1S/C46H86NO11P/c1-6-8-10-11-12-13-14-15-16-17-18-19-20-21-26-30-45(51)55-37-40(38-57-59(53,54)56-35-34-47(3,4)5)58-46(52)31-27-23-22-25-29-41-42(44(50)36-43(41)49)33-32-39(48)28-24-9-7-2/h32-33,39-42,44,48,50H,6-31,34-38H2,1-5H3/p+1/b33-32+/t39-,40+,41+,42+,44+/m0/s1. The molecule has 0 heterocycles. The molecule has 12 nitrogen and oxygen atoms in total. The first-order chi connectivity index (χ1) is 28.2. The molecule has 59 heavy (non-hydrogen) atoms. The molecule has 3 N–H and O–H groups in total. The van der Waals surface area contributed by atoms with Crippen LogP contribution in [-0.2, 0) is 37.5 Å². The van der Waals surface area contributed by atoms with Gasteiger partial charge in [-0.15, -0.1) is 0 Å². The SMILES string of the molecule is CCCCCCCCCCCCCCCCCC(=O)OC[C@H](COP(=O)(O)OCC[N+](C)(C)C)OC(=O)CCCCCC[C@H]1C(=O)C[C@@H](O)[C@@H]1/C=C/[C@@H](O)CCCCC. The smallest absolute Gasteiger partial charge is 0.462 e. The number of esters is 2. The Balaban J connectivity index is 2.45. The monoisotopic (exact) mass is 861 g/mol. The summed E-state index contributed by atoms with van der Waals surface area (Å²) < 4.78 is 34.3. The highest BCUT2D eigenvalue weighted by Gasteiger charge is 2.39. The van der Waals surface area contributed by atoms with Crippen LogP contribution in [0.15, 0.2) is 12.2 Å². The topological polar surface area (TPSA) is 166 Å². The maximum atomic E-state index is 12.8. The van der Waals surface area contributed by atoms with E-state index >= 15 is 0 Å². The molecule has 13 heteroatoms. The third kappa shape index (κ3) is 30.9. The quantitative estimate of drug-likeness (QED) is 0.0177. The van der Waals surface area contributed by atoms with Crippen molar-refractivity contribution in [2.24, 2.45) is 11.8 Å². The molecule has 0 aromatic carbocycles. The molecule has 0 aromatic heterocycles. The fourth-order valence-electron chi connectivity index (χ4n) is 7.44. The first kappa shape index (κ1) is 55.4. The molecule has 1 saturated carbocycles. The summed E-state index contributed by atoms with van der Waals surface area (Å²) in [6, 6.07) is 0. The molecular formula is C46H87NO11P+. The fraction of sp³-hybridized carbons (Fsp3) is 0.891. The number of carbonyl (C=O) groups is 3. The number of unbranched alkanes of at least 4 members (excludes halogenated alkanes) is 19. The van der Waals surface area contributed by atoms with Crippen LogP contribution in [0.3, 0.4) is 0 Å².